The van der Waals surface area contributed by atoms with Crippen molar-refractivity contribution in [1.29, 1.82) is 0 Å². The van der Waals surface area contributed by atoms with Gasteiger partial charge in [-0.15, -0.1) is 0 Å². The summed E-state index contributed by atoms with van der Waals surface area (Å²) in [5.41, 5.74) is 0.459. The Morgan fingerprint density at radius 1 is 1.28 bits per heavy atom. The molecule has 1 aromatic carbocycles. The van der Waals surface area contributed by atoms with Gasteiger partial charge in [0.05, 0.1) is 23.4 Å². The van der Waals surface area contributed by atoms with Crippen LogP contribution in [0.15, 0.2) is 41.6 Å². The molecule has 2 aromatic rings. The number of anilines is 1. The van der Waals surface area contributed by atoms with E-state index in [0.717, 1.165) is 32.6 Å². The number of nitrogens with zero attached hydrogens (tertiary/aromatic N) is 2. The minimum atomic E-state index is -3.64. The third kappa shape index (κ3) is 4.73. The van der Waals surface area contributed by atoms with Crippen LogP contribution >= 0.6 is 0 Å². The molecule has 0 saturated carbocycles. The van der Waals surface area contributed by atoms with Gasteiger partial charge < -0.3 is 9.47 Å². The van der Waals surface area contributed by atoms with Crippen LogP contribution in [0.2, 0.25) is 0 Å². The predicted molar refractivity (Wildman–Crippen MR) is 94.2 cm³/mol. The van der Waals surface area contributed by atoms with E-state index in [2.05, 4.69) is 9.82 Å². The highest BCUT2D eigenvalue weighted by Crippen LogP contribution is 2.20. The zero-order valence-corrected chi connectivity index (χ0v) is 15.0. The van der Waals surface area contributed by atoms with Gasteiger partial charge in [-0.05, 0) is 49.9 Å². The Bertz CT molecular complexity index is 780. The summed E-state index contributed by atoms with van der Waals surface area (Å²) in [6.07, 6.45) is 5.27. The van der Waals surface area contributed by atoms with E-state index in [9.17, 15) is 8.42 Å². The highest BCUT2D eigenvalue weighted by atomic mass is 32.2. The minimum absolute atomic E-state index is 0.188. The molecule has 7 nitrogen and oxygen atoms in total. The van der Waals surface area contributed by atoms with Gasteiger partial charge in [0.25, 0.3) is 10.0 Å². The van der Waals surface area contributed by atoms with Crippen molar-refractivity contribution in [1.82, 2.24) is 9.78 Å². The summed E-state index contributed by atoms with van der Waals surface area (Å²) < 4.78 is 40.0. The summed E-state index contributed by atoms with van der Waals surface area (Å²) in [5.74, 6) is 1.16. The minimum Gasteiger partial charge on any atom is -0.494 e. The number of hydrogen-bond donors (Lipinski definition) is 1. The molecule has 25 heavy (non-hydrogen) atoms. The molecule has 1 aliphatic heterocycles. The highest BCUT2D eigenvalue weighted by Gasteiger charge is 2.17. The SMILES string of the molecule is CCOc1ccc(S(=O)(=O)Nc2cnn(CC3CCOCC3)c2)cc1. The maximum Gasteiger partial charge on any atom is 0.261 e. The van der Waals surface area contributed by atoms with Crippen LogP contribution < -0.4 is 9.46 Å². The van der Waals surface area contributed by atoms with E-state index < -0.39 is 10.0 Å². The summed E-state index contributed by atoms with van der Waals surface area (Å²) in [6.45, 7) is 4.75. The lowest BCUT2D eigenvalue weighted by molar-refractivity contribution is 0.0601. The van der Waals surface area contributed by atoms with Crippen molar-refractivity contribution in [2.45, 2.75) is 31.2 Å². The number of nitrogens with one attached hydrogen (secondary N) is 1. The van der Waals surface area contributed by atoms with Gasteiger partial charge in [-0.2, -0.15) is 5.10 Å². The van der Waals surface area contributed by atoms with Crippen molar-refractivity contribution in [2.75, 3.05) is 24.5 Å². The Balaban J connectivity index is 1.64. The Kier molecular flexibility index (Phi) is 5.60. The molecule has 1 aromatic heterocycles. The molecule has 1 saturated heterocycles. The number of benzene rings is 1. The van der Waals surface area contributed by atoms with Crippen molar-refractivity contribution in [3.05, 3.63) is 36.7 Å². The van der Waals surface area contributed by atoms with Gasteiger partial charge in [-0.1, -0.05) is 0 Å². The first kappa shape index (κ1) is 17.8. The van der Waals surface area contributed by atoms with Crippen LogP contribution in [0.5, 0.6) is 5.75 Å². The summed E-state index contributed by atoms with van der Waals surface area (Å²) in [5, 5.41) is 4.26. The predicted octanol–water partition coefficient (Wildman–Crippen LogP) is 2.51. The van der Waals surface area contributed by atoms with Crippen molar-refractivity contribution < 1.29 is 17.9 Å². The van der Waals surface area contributed by atoms with Gasteiger partial charge >= 0.3 is 0 Å². The lowest BCUT2D eigenvalue weighted by Crippen LogP contribution is -2.20. The molecule has 0 aliphatic carbocycles. The summed E-state index contributed by atoms with van der Waals surface area (Å²) >= 11 is 0. The van der Waals surface area contributed by atoms with E-state index in [1.165, 1.54) is 18.3 Å². The molecule has 0 atom stereocenters. The quantitative estimate of drug-likeness (QED) is 0.815. The first-order valence-electron chi connectivity index (χ1n) is 8.42. The fourth-order valence-electron chi connectivity index (χ4n) is 2.81. The summed E-state index contributed by atoms with van der Waals surface area (Å²) in [7, 11) is -3.64. The Morgan fingerprint density at radius 2 is 2.00 bits per heavy atom. The largest absolute Gasteiger partial charge is 0.494 e. The van der Waals surface area contributed by atoms with E-state index in [1.54, 1.807) is 23.0 Å². The molecule has 2 heterocycles. The van der Waals surface area contributed by atoms with Crippen LogP contribution in [0.25, 0.3) is 0 Å². The van der Waals surface area contributed by atoms with Crippen LogP contribution in [0.4, 0.5) is 5.69 Å². The molecule has 0 amide bonds. The van der Waals surface area contributed by atoms with Crippen LogP contribution in [0.3, 0.4) is 0 Å². The summed E-state index contributed by atoms with van der Waals surface area (Å²) in [6, 6.07) is 6.35. The molecule has 8 heteroatoms. The van der Waals surface area contributed by atoms with Gasteiger partial charge in [0.2, 0.25) is 0 Å². The van der Waals surface area contributed by atoms with Crippen LogP contribution in [-0.4, -0.2) is 38.0 Å². The number of aromatic nitrogens is 2. The van der Waals surface area contributed by atoms with E-state index in [4.69, 9.17) is 9.47 Å². The van der Waals surface area contributed by atoms with E-state index in [1.807, 2.05) is 6.92 Å². The Morgan fingerprint density at radius 3 is 2.68 bits per heavy atom. The smallest absolute Gasteiger partial charge is 0.261 e. The van der Waals surface area contributed by atoms with Crippen LogP contribution in [-0.2, 0) is 21.3 Å². The fourth-order valence-corrected chi connectivity index (χ4v) is 3.83. The molecule has 3 rings (SSSR count). The van der Waals surface area contributed by atoms with Gasteiger partial charge in [-0.25, -0.2) is 8.42 Å². The molecule has 1 fully saturated rings. The first-order chi connectivity index (χ1) is 12.1. The second-order valence-corrected chi connectivity index (χ2v) is 7.70. The summed E-state index contributed by atoms with van der Waals surface area (Å²) in [4.78, 5) is 0.188. The number of rotatable bonds is 7. The van der Waals surface area contributed by atoms with Crippen molar-refractivity contribution in [3.63, 3.8) is 0 Å². The fraction of sp³-hybridized carbons (Fsp3) is 0.471. The lowest BCUT2D eigenvalue weighted by Gasteiger charge is -2.21. The van der Waals surface area contributed by atoms with E-state index >= 15 is 0 Å². The van der Waals surface area contributed by atoms with E-state index in [-0.39, 0.29) is 4.90 Å². The molecular formula is C17H23N3O4S. The van der Waals surface area contributed by atoms with E-state index in [0.29, 0.717) is 24.0 Å². The number of ether oxygens (including phenoxy) is 2. The molecule has 0 radical (unpaired) electrons. The van der Waals surface area contributed by atoms with Gasteiger partial charge in [0, 0.05) is 26.0 Å². The van der Waals surface area contributed by atoms with Crippen molar-refractivity contribution >= 4 is 15.7 Å². The third-order valence-electron chi connectivity index (χ3n) is 4.12. The molecule has 136 valence electrons. The van der Waals surface area contributed by atoms with Gasteiger partial charge in [0.15, 0.2) is 0 Å². The Labute approximate surface area is 148 Å². The standard InChI is InChI=1S/C17H23N3O4S/c1-2-24-16-3-5-17(6-4-16)25(21,22)19-15-11-18-20(13-15)12-14-7-9-23-10-8-14/h3-6,11,13-14,19H,2,7-10,12H2,1H3. The first-order valence-corrected chi connectivity index (χ1v) is 9.91. The zero-order valence-electron chi connectivity index (χ0n) is 14.2. The average Bonchev–Trinajstić information content (AvgIpc) is 3.03. The molecular weight excluding hydrogens is 342 g/mol. The zero-order chi connectivity index (χ0) is 17.7. The molecule has 0 unspecified atom stereocenters. The lowest BCUT2D eigenvalue weighted by atomic mass is 10.0. The molecule has 1 N–H and O–H groups in total. The highest BCUT2D eigenvalue weighted by molar-refractivity contribution is 7.92. The number of sulfonamides is 1. The van der Waals surface area contributed by atoms with Gasteiger partial charge in [-0.3, -0.25) is 9.40 Å². The Hall–Kier alpha value is -2.06. The normalized spacial score (nSPS) is 15.9. The molecule has 0 spiro atoms. The third-order valence-corrected chi connectivity index (χ3v) is 5.51. The van der Waals surface area contributed by atoms with Crippen LogP contribution in [0, 0.1) is 5.92 Å². The maximum atomic E-state index is 12.5. The second kappa shape index (κ2) is 7.88. The maximum absolute atomic E-state index is 12.5. The van der Waals surface area contributed by atoms with Crippen molar-refractivity contribution in [3.8, 4) is 5.75 Å². The molecule has 1 aliphatic rings. The van der Waals surface area contributed by atoms with Crippen molar-refractivity contribution in [2.24, 2.45) is 5.92 Å². The average molecular weight is 365 g/mol. The topological polar surface area (TPSA) is 82.5 Å². The second-order valence-electron chi connectivity index (χ2n) is 6.02. The monoisotopic (exact) mass is 365 g/mol. The van der Waals surface area contributed by atoms with Crippen LogP contribution in [0.1, 0.15) is 19.8 Å². The number of hydrogen-bond acceptors (Lipinski definition) is 5. The molecule has 0 bridgehead atoms. The van der Waals surface area contributed by atoms with Gasteiger partial charge in [0.1, 0.15) is 5.75 Å².